The second kappa shape index (κ2) is 6.51. The molecule has 1 N–H and O–H groups in total. The van der Waals surface area contributed by atoms with Crippen molar-refractivity contribution < 1.29 is 9.90 Å². The van der Waals surface area contributed by atoms with Crippen LogP contribution in [0.5, 0.6) is 5.88 Å². The number of carbonyl (C=O) groups is 1. The molecule has 0 spiro atoms. The van der Waals surface area contributed by atoms with Crippen LogP contribution in [-0.2, 0) is 20.6 Å². The molecular formula is C19H19N3O4. The van der Waals surface area contributed by atoms with Gasteiger partial charge in [0.2, 0.25) is 5.88 Å². The van der Waals surface area contributed by atoms with Crippen molar-refractivity contribution in [2.24, 2.45) is 14.1 Å². The monoisotopic (exact) mass is 353 g/mol. The first kappa shape index (κ1) is 17.5. The number of benzene rings is 1. The van der Waals surface area contributed by atoms with Gasteiger partial charge < -0.3 is 9.67 Å². The smallest absolute Gasteiger partial charge is 0.333 e. The molecule has 2 aromatic heterocycles. The summed E-state index contributed by atoms with van der Waals surface area (Å²) in [7, 11) is 2.56. The van der Waals surface area contributed by atoms with Gasteiger partial charge in [-0.15, -0.1) is 0 Å². The van der Waals surface area contributed by atoms with E-state index in [9.17, 15) is 19.5 Å². The summed E-state index contributed by atoms with van der Waals surface area (Å²) in [6, 6.07) is 7.80. The van der Waals surface area contributed by atoms with Gasteiger partial charge >= 0.3 is 5.69 Å². The summed E-state index contributed by atoms with van der Waals surface area (Å²) < 4.78 is 3.72. The molecule has 0 aliphatic heterocycles. The molecule has 0 bridgehead atoms. The lowest BCUT2D eigenvalue weighted by Gasteiger charge is -2.07. The zero-order chi connectivity index (χ0) is 19.0. The van der Waals surface area contributed by atoms with E-state index in [1.807, 2.05) is 37.4 Å². The average molecular weight is 353 g/mol. The number of aromatic hydroxyl groups is 1. The van der Waals surface area contributed by atoms with Crippen LogP contribution in [0.3, 0.4) is 0 Å². The third-order valence-corrected chi connectivity index (χ3v) is 4.45. The third-order valence-electron chi connectivity index (χ3n) is 4.45. The number of allylic oxidation sites excluding steroid dienone is 1. The number of para-hydroxylation sites is 1. The molecule has 26 heavy (non-hydrogen) atoms. The minimum atomic E-state index is -0.823. The fourth-order valence-corrected chi connectivity index (χ4v) is 2.97. The zero-order valence-corrected chi connectivity index (χ0v) is 14.8. The van der Waals surface area contributed by atoms with Crippen LogP contribution < -0.4 is 11.2 Å². The van der Waals surface area contributed by atoms with E-state index in [1.165, 1.54) is 20.2 Å². The first-order chi connectivity index (χ1) is 12.4. The minimum absolute atomic E-state index is 0.426. The van der Waals surface area contributed by atoms with Gasteiger partial charge in [-0.05, 0) is 25.1 Å². The number of fused-ring (bicyclic) bond motifs is 1. The Kier molecular flexibility index (Phi) is 4.38. The second-order valence-corrected chi connectivity index (χ2v) is 5.99. The number of nitrogens with zero attached hydrogens (tertiary/aromatic N) is 3. The van der Waals surface area contributed by atoms with Crippen molar-refractivity contribution in [3.8, 4) is 5.88 Å². The van der Waals surface area contributed by atoms with E-state index in [-0.39, 0.29) is 0 Å². The van der Waals surface area contributed by atoms with Gasteiger partial charge in [0.1, 0.15) is 5.56 Å². The van der Waals surface area contributed by atoms with Crippen molar-refractivity contribution in [1.82, 2.24) is 13.7 Å². The Balaban J connectivity index is 2.08. The largest absolute Gasteiger partial charge is 0.494 e. The molecule has 3 rings (SSSR count). The summed E-state index contributed by atoms with van der Waals surface area (Å²) >= 11 is 0. The van der Waals surface area contributed by atoms with Crippen molar-refractivity contribution in [2.45, 2.75) is 13.5 Å². The van der Waals surface area contributed by atoms with Gasteiger partial charge in [0.15, 0.2) is 5.78 Å². The van der Waals surface area contributed by atoms with Crippen molar-refractivity contribution in [3.63, 3.8) is 0 Å². The van der Waals surface area contributed by atoms with Crippen molar-refractivity contribution in [3.05, 3.63) is 68.5 Å². The molecule has 0 atom stereocenters. The first-order valence-electron chi connectivity index (χ1n) is 8.16. The standard InChI is InChI=1S/C19H19N3O4/c1-4-22-11-12(13-7-5-6-8-14(13)22)9-10-15(23)16-17(24)20(2)19(26)21(3)18(16)25/h5-11,24H,4H2,1-3H3/b10-9+. The fourth-order valence-electron chi connectivity index (χ4n) is 2.97. The number of rotatable bonds is 4. The number of aromatic nitrogens is 3. The summed E-state index contributed by atoms with van der Waals surface area (Å²) in [4.78, 5) is 36.5. The fraction of sp³-hybridized carbons (Fsp3) is 0.211. The van der Waals surface area contributed by atoms with E-state index in [4.69, 9.17) is 0 Å². The summed E-state index contributed by atoms with van der Waals surface area (Å²) in [5.74, 6) is -1.30. The minimum Gasteiger partial charge on any atom is -0.494 e. The molecule has 1 aromatic carbocycles. The van der Waals surface area contributed by atoms with Crippen molar-refractivity contribution >= 4 is 22.8 Å². The molecule has 0 aliphatic rings. The molecule has 0 amide bonds. The maximum atomic E-state index is 12.5. The lowest BCUT2D eigenvalue weighted by Crippen LogP contribution is -2.39. The maximum Gasteiger partial charge on any atom is 0.333 e. The Morgan fingerprint density at radius 3 is 2.54 bits per heavy atom. The quantitative estimate of drug-likeness (QED) is 0.571. The first-order valence-corrected chi connectivity index (χ1v) is 8.16. The molecule has 2 heterocycles. The van der Waals surface area contributed by atoms with Crippen LogP contribution in [0.1, 0.15) is 22.8 Å². The average Bonchev–Trinajstić information content (AvgIpc) is 3.01. The lowest BCUT2D eigenvalue weighted by molar-refractivity contribution is 0.104. The van der Waals surface area contributed by atoms with E-state index in [1.54, 1.807) is 6.08 Å². The van der Waals surface area contributed by atoms with Crippen molar-refractivity contribution in [2.75, 3.05) is 0 Å². The highest BCUT2D eigenvalue weighted by Gasteiger charge is 2.19. The highest BCUT2D eigenvalue weighted by molar-refractivity contribution is 6.08. The van der Waals surface area contributed by atoms with Crippen LogP contribution in [-0.4, -0.2) is 24.6 Å². The normalized spacial score (nSPS) is 11.5. The van der Waals surface area contributed by atoms with Gasteiger partial charge in [0.25, 0.3) is 5.56 Å². The topological polar surface area (TPSA) is 86.2 Å². The summed E-state index contributed by atoms with van der Waals surface area (Å²) in [5.41, 5.74) is -0.0692. The van der Waals surface area contributed by atoms with Crippen LogP contribution in [0, 0.1) is 0 Å². The number of hydrogen-bond acceptors (Lipinski definition) is 4. The highest BCUT2D eigenvalue weighted by Crippen LogP contribution is 2.23. The van der Waals surface area contributed by atoms with Gasteiger partial charge in [-0.25, -0.2) is 4.79 Å². The molecule has 0 unspecified atom stereocenters. The van der Waals surface area contributed by atoms with Gasteiger partial charge in [0, 0.05) is 43.3 Å². The molecule has 3 aromatic rings. The van der Waals surface area contributed by atoms with Crippen LogP contribution >= 0.6 is 0 Å². The maximum absolute atomic E-state index is 12.5. The van der Waals surface area contributed by atoms with E-state index < -0.39 is 28.5 Å². The molecule has 0 aliphatic carbocycles. The highest BCUT2D eigenvalue weighted by atomic mass is 16.3. The Bertz CT molecular complexity index is 1160. The predicted molar refractivity (Wildman–Crippen MR) is 99.6 cm³/mol. The number of hydrogen-bond donors (Lipinski definition) is 1. The van der Waals surface area contributed by atoms with Crippen LogP contribution in [0.2, 0.25) is 0 Å². The van der Waals surface area contributed by atoms with Crippen LogP contribution in [0.25, 0.3) is 17.0 Å². The molecule has 7 heteroatoms. The molecule has 134 valence electrons. The third kappa shape index (κ3) is 2.67. The Morgan fingerprint density at radius 2 is 1.85 bits per heavy atom. The summed E-state index contributed by atoms with van der Waals surface area (Å²) in [6.07, 6.45) is 4.77. The van der Waals surface area contributed by atoms with Gasteiger partial charge in [-0.2, -0.15) is 0 Å². The van der Waals surface area contributed by atoms with Crippen LogP contribution in [0.15, 0.2) is 46.1 Å². The zero-order valence-electron chi connectivity index (χ0n) is 14.8. The molecular weight excluding hydrogens is 334 g/mol. The number of carbonyl (C=O) groups excluding carboxylic acids is 1. The number of aryl methyl sites for hydroxylation is 1. The molecule has 0 radical (unpaired) electrons. The molecule has 7 nitrogen and oxygen atoms in total. The lowest BCUT2D eigenvalue weighted by atomic mass is 10.1. The van der Waals surface area contributed by atoms with Gasteiger partial charge in [-0.3, -0.25) is 18.7 Å². The van der Waals surface area contributed by atoms with Crippen LogP contribution in [0.4, 0.5) is 0 Å². The van der Waals surface area contributed by atoms with E-state index >= 15 is 0 Å². The molecule has 0 saturated heterocycles. The predicted octanol–water partition coefficient (Wildman–Crippen LogP) is 1.66. The Morgan fingerprint density at radius 1 is 1.15 bits per heavy atom. The van der Waals surface area contributed by atoms with E-state index in [0.717, 1.165) is 32.1 Å². The van der Waals surface area contributed by atoms with Gasteiger partial charge in [-0.1, -0.05) is 18.2 Å². The van der Waals surface area contributed by atoms with E-state index in [0.29, 0.717) is 0 Å². The van der Waals surface area contributed by atoms with Gasteiger partial charge in [0.05, 0.1) is 0 Å². The SMILES string of the molecule is CCn1cc(/C=C/C(=O)c2c(O)n(C)c(=O)n(C)c2=O)c2ccccc21. The number of ketones is 1. The van der Waals surface area contributed by atoms with E-state index in [2.05, 4.69) is 4.57 Å². The summed E-state index contributed by atoms with van der Waals surface area (Å²) in [6.45, 7) is 2.81. The summed E-state index contributed by atoms with van der Waals surface area (Å²) in [5, 5.41) is 11.0. The molecule has 0 fully saturated rings. The van der Waals surface area contributed by atoms with Crippen molar-refractivity contribution in [1.29, 1.82) is 0 Å². The Hall–Kier alpha value is -3.35. The molecule has 0 saturated carbocycles. The second-order valence-electron chi connectivity index (χ2n) is 5.99. The Labute approximate surface area is 149 Å².